The van der Waals surface area contributed by atoms with Crippen molar-refractivity contribution in [3.8, 4) is 0 Å². The van der Waals surface area contributed by atoms with E-state index in [-0.39, 0.29) is 25.9 Å². The number of rotatable bonds is 7. The third kappa shape index (κ3) is 4.54. The van der Waals surface area contributed by atoms with E-state index in [1.165, 1.54) is 6.92 Å². The van der Waals surface area contributed by atoms with Crippen molar-refractivity contribution < 1.29 is 37.0 Å². The molecule has 1 unspecified atom stereocenters. The molecule has 0 bridgehead atoms. The number of benzene rings is 1. The van der Waals surface area contributed by atoms with Crippen molar-refractivity contribution in [2.45, 2.75) is 38.4 Å². The molecule has 1 aromatic carbocycles. The van der Waals surface area contributed by atoms with Crippen molar-refractivity contribution in [1.82, 2.24) is 0 Å². The average Bonchev–Trinajstić information content (AvgIpc) is 2.42. The number of hydrogen-bond donors (Lipinski definition) is 3. The number of aliphatic hydroxyl groups is 1. The van der Waals surface area contributed by atoms with E-state index in [1.54, 1.807) is 0 Å². The molecule has 23 heavy (non-hydrogen) atoms. The van der Waals surface area contributed by atoms with E-state index in [4.69, 9.17) is 10.2 Å². The number of alkyl halides is 3. The fraction of sp³-hybridized carbons (Fsp3) is 0.500. The Balaban J connectivity index is 3.37. The van der Waals surface area contributed by atoms with Gasteiger partial charge in [0.05, 0.1) is 0 Å². The lowest BCUT2D eigenvalue weighted by Gasteiger charge is -2.23. The quantitative estimate of drug-likeness (QED) is 0.666. The zero-order chi connectivity index (χ0) is 17.8. The second-order valence-corrected chi connectivity index (χ2v) is 4.85. The minimum Gasteiger partial charge on any atom is -0.477 e. The molecule has 0 saturated heterocycles. The number of anilines is 1. The average molecular weight is 341 g/mol. The predicted octanol–water partition coefficient (Wildman–Crippen LogP) is 3.34. The Morgan fingerprint density at radius 2 is 1.96 bits per heavy atom. The van der Waals surface area contributed by atoms with Gasteiger partial charge in [-0.2, -0.15) is 13.2 Å². The van der Waals surface area contributed by atoms with Gasteiger partial charge in [0.15, 0.2) is 0 Å². The molecular formula is C14H16F5NO3. The normalized spacial score (nSPS) is 13.0. The summed E-state index contributed by atoms with van der Waals surface area (Å²) in [6, 6.07) is -1.50. The minimum absolute atomic E-state index is 0.0148. The van der Waals surface area contributed by atoms with Gasteiger partial charge in [0.2, 0.25) is 0 Å². The third-order valence-corrected chi connectivity index (χ3v) is 3.25. The van der Waals surface area contributed by atoms with Gasteiger partial charge in [-0.25, -0.2) is 13.6 Å². The second kappa shape index (κ2) is 7.58. The van der Waals surface area contributed by atoms with Crippen LogP contribution in [0.3, 0.4) is 0 Å². The molecule has 3 N–H and O–H groups in total. The van der Waals surface area contributed by atoms with Crippen LogP contribution in [0.5, 0.6) is 0 Å². The highest BCUT2D eigenvalue weighted by Crippen LogP contribution is 2.31. The number of carbonyl (C=O) groups is 1. The molecule has 0 aliphatic heterocycles. The molecule has 0 aliphatic carbocycles. The Labute approximate surface area is 128 Å². The smallest absolute Gasteiger partial charge is 0.408 e. The Hall–Kier alpha value is -1.90. The van der Waals surface area contributed by atoms with Crippen molar-refractivity contribution >= 4 is 11.7 Å². The molecule has 0 fully saturated rings. The second-order valence-electron chi connectivity index (χ2n) is 4.85. The topological polar surface area (TPSA) is 69.6 Å². The molecular weight excluding hydrogens is 325 g/mol. The number of halogens is 5. The van der Waals surface area contributed by atoms with Crippen LogP contribution < -0.4 is 5.32 Å². The van der Waals surface area contributed by atoms with Gasteiger partial charge in [-0.1, -0.05) is 6.92 Å². The van der Waals surface area contributed by atoms with Gasteiger partial charge in [-0.05, 0) is 25.3 Å². The highest BCUT2D eigenvalue weighted by Gasteiger charge is 2.39. The number of aromatic carboxylic acids is 1. The summed E-state index contributed by atoms with van der Waals surface area (Å²) in [5.41, 5.74) is -2.10. The Morgan fingerprint density at radius 1 is 1.35 bits per heavy atom. The van der Waals surface area contributed by atoms with E-state index in [1.807, 2.05) is 5.32 Å². The molecule has 0 radical (unpaired) electrons. The minimum atomic E-state index is -4.64. The summed E-state index contributed by atoms with van der Waals surface area (Å²) in [5.74, 6) is -4.77. The largest absolute Gasteiger partial charge is 0.477 e. The lowest BCUT2D eigenvalue weighted by atomic mass is 10.0. The van der Waals surface area contributed by atoms with Crippen LogP contribution in [-0.4, -0.2) is 35.0 Å². The number of carboxylic acid groups (broad SMARTS) is 1. The van der Waals surface area contributed by atoms with Crippen molar-refractivity contribution in [1.29, 1.82) is 0 Å². The van der Waals surface area contributed by atoms with Gasteiger partial charge >= 0.3 is 12.1 Å². The first kappa shape index (κ1) is 19.1. The highest BCUT2D eigenvalue weighted by atomic mass is 19.4. The van der Waals surface area contributed by atoms with Crippen LogP contribution in [0.4, 0.5) is 27.6 Å². The Morgan fingerprint density at radius 3 is 2.39 bits per heavy atom. The molecule has 0 heterocycles. The van der Waals surface area contributed by atoms with Crippen LogP contribution in [0.1, 0.15) is 35.7 Å². The molecule has 130 valence electrons. The summed E-state index contributed by atoms with van der Waals surface area (Å²) in [4.78, 5) is 10.9. The van der Waals surface area contributed by atoms with Crippen molar-refractivity contribution in [3.63, 3.8) is 0 Å². The first-order valence-electron chi connectivity index (χ1n) is 6.81. The molecule has 1 atom stereocenters. The SMILES string of the molecule is CCC(Nc1cc(F)c(C(=O)O)c(F)c1CCCO)C(F)(F)F. The summed E-state index contributed by atoms with van der Waals surface area (Å²) >= 11 is 0. The standard InChI is InChI=1S/C14H16F5NO3/c1-2-10(14(17,18)19)20-9-6-8(15)11(13(22)23)12(16)7(9)4-3-5-21/h6,10,20-21H,2-5H2,1H3,(H,22,23). The molecule has 4 nitrogen and oxygen atoms in total. The zero-order valence-electron chi connectivity index (χ0n) is 12.2. The highest BCUT2D eigenvalue weighted by molar-refractivity contribution is 5.89. The molecule has 0 aliphatic rings. The van der Waals surface area contributed by atoms with E-state index in [0.29, 0.717) is 6.07 Å². The van der Waals surface area contributed by atoms with Crippen LogP contribution in [0.25, 0.3) is 0 Å². The van der Waals surface area contributed by atoms with Crippen molar-refractivity contribution in [2.75, 3.05) is 11.9 Å². The van der Waals surface area contributed by atoms with E-state index in [0.717, 1.165) is 0 Å². The van der Waals surface area contributed by atoms with Gasteiger partial charge in [0.25, 0.3) is 0 Å². The monoisotopic (exact) mass is 341 g/mol. The Bertz CT molecular complexity index is 575. The van der Waals surface area contributed by atoms with Gasteiger partial charge in [-0.15, -0.1) is 0 Å². The first-order chi connectivity index (χ1) is 10.6. The molecule has 1 aromatic rings. The predicted molar refractivity (Wildman–Crippen MR) is 72.5 cm³/mol. The fourth-order valence-electron chi connectivity index (χ4n) is 2.09. The fourth-order valence-corrected chi connectivity index (χ4v) is 2.09. The summed E-state index contributed by atoms with van der Waals surface area (Å²) < 4.78 is 66.4. The van der Waals surface area contributed by atoms with Crippen LogP contribution >= 0.6 is 0 Å². The Kier molecular flexibility index (Phi) is 6.31. The summed E-state index contributed by atoms with van der Waals surface area (Å²) in [7, 11) is 0. The summed E-state index contributed by atoms with van der Waals surface area (Å²) in [5, 5.41) is 19.6. The summed E-state index contributed by atoms with van der Waals surface area (Å²) in [6.45, 7) is 0.867. The maximum absolute atomic E-state index is 14.2. The van der Waals surface area contributed by atoms with Gasteiger partial charge in [-0.3, -0.25) is 0 Å². The van der Waals surface area contributed by atoms with Gasteiger partial charge in [0, 0.05) is 17.9 Å². The van der Waals surface area contributed by atoms with Gasteiger partial charge in [0.1, 0.15) is 23.2 Å². The lowest BCUT2D eigenvalue weighted by molar-refractivity contribution is -0.142. The number of aliphatic hydroxyl groups excluding tert-OH is 1. The third-order valence-electron chi connectivity index (χ3n) is 3.25. The molecule has 0 aromatic heterocycles. The van der Waals surface area contributed by atoms with Crippen LogP contribution in [0.15, 0.2) is 6.07 Å². The zero-order valence-corrected chi connectivity index (χ0v) is 12.2. The molecule has 0 amide bonds. The molecule has 9 heteroatoms. The van der Waals surface area contributed by atoms with Gasteiger partial charge < -0.3 is 15.5 Å². The lowest BCUT2D eigenvalue weighted by Crippen LogP contribution is -2.36. The maximum Gasteiger partial charge on any atom is 0.408 e. The first-order valence-corrected chi connectivity index (χ1v) is 6.81. The molecule has 0 spiro atoms. The van der Waals surface area contributed by atoms with E-state index in [2.05, 4.69) is 0 Å². The molecule has 1 rings (SSSR count). The van der Waals surface area contributed by atoms with Crippen molar-refractivity contribution in [2.24, 2.45) is 0 Å². The van der Waals surface area contributed by atoms with E-state index >= 15 is 0 Å². The summed E-state index contributed by atoms with van der Waals surface area (Å²) in [6.07, 6.45) is -5.27. The van der Waals surface area contributed by atoms with Crippen LogP contribution in [0.2, 0.25) is 0 Å². The van der Waals surface area contributed by atoms with Crippen molar-refractivity contribution in [3.05, 3.63) is 28.8 Å². The molecule has 0 saturated carbocycles. The van der Waals surface area contributed by atoms with Crippen LogP contribution in [-0.2, 0) is 6.42 Å². The van der Waals surface area contributed by atoms with E-state index < -0.39 is 46.6 Å². The van der Waals surface area contributed by atoms with Crippen LogP contribution in [0, 0.1) is 11.6 Å². The maximum atomic E-state index is 14.2. The number of nitrogens with one attached hydrogen (secondary N) is 1. The number of hydrogen-bond acceptors (Lipinski definition) is 3. The number of carboxylic acids is 1. The van der Waals surface area contributed by atoms with E-state index in [9.17, 15) is 26.7 Å².